The Morgan fingerprint density at radius 1 is 1.25 bits per heavy atom. The van der Waals surface area contributed by atoms with Crippen LogP contribution in [-0.2, 0) is 6.54 Å². The summed E-state index contributed by atoms with van der Waals surface area (Å²) >= 11 is 3.39. The molecule has 118 valence electrons. The molecule has 1 heterocycles. The highest BCUT2D eigenvalue weighted by Gasteiger charge is 2.09. The lowest BCUT2D eigenvalue weighted by Gasteiger charge is -2.04. The number of halogens is 1. The summed E-state index contributed by atoms with van der Waals surface area (Å²) in [4.78, 5) is 12.2. The highest BCUT2D eigenvalue weighted by Crippen LogP contribution is 2.14. The van der Waals surface area contributed by atoms with Gasteiger partial charge in [0.25, 0.3) is 5.91 Å². The van der Waals surface area contributed by atoms with Crippen molar-refractivity contribution >= 4 is 21.8 Å². The molecule has 0 aliphatic rings. The maximum absolute atomic E-state index is 12.2. The second kappa shape index (κ2) is 7.11. The monoisotopic (exact) mass is 380 g/mol. The largest absolute Gasteiger partial charge is 0.348 e. The van der Waals surface area contributed by atoms with Gasteiger partial charge in [-0.05, 0) is 42.0 Å². The first-order chi connectivity index (χ1) is 11.7. The molecule has 0 saturated heterocycles. The molecule has 0 fully saturated rings. The van der Waals surface area contributed by atoms with Gasteiger partial charge in [0, 0.05) is 17.2 Å². The number of hydrogen-bond acceptors (Lipinski definition) is 3. The van der Waals surface area contributed by atoms with Crippen LogP contribution < -0.4 is 5.32 Å². The molecular weight excluding hydrogens is 368 g/mol. The quantitative estimate of drug-likeness (QED) is 0.753. The molecule has 0 unspecified atom stereocenters. The van der Waals surface area contributed by atoms with Gasteiger partial charge in [0.05, 0.1) is 29.1 Å². The van der Waals surface area contributed by atoms with Crippen LogP contribution in [-0.4, -0.2) is 15.7 Å². The summed E-state index contributed by atoms with van der Waals surface area (Å²) in [7, 11) is 0. The van der Waals surface area contributed by atoms with Gasteiger partial charge < -0.3 is 5.32 Å². The van der Waals surface area contributed by atoms with Gasteiger partial charge in [-0.3, -0.25) is 4.79 Å². The highest BCUT2D eigenvalue weighted by molar-refractivity contribution is 9.10. The van der Waals surface area contributed by atoms with E-state index in [1.165, 1.54) is 6.20 Å². The number of nitriles is 1. The average molecular weight is 381 g/mol. The van der Waals surface area contributed by atoms with Crippen molar-refractivity contribution in [2.24, 2.45) is 0 Å². The van der Waals surface area contributed by atoms with Crippen LogP contribution in [0.3, 0.4) is 0 Å². The number of carbonyl (C=O) groups is 1. The summed E-state index contributed by atoms with van der Waals surface area (Å²) in [6, 6.07) is 16.9. The van der Waals surface area contributed by atoms with E-state index in [1.54, 1.807) is 29.1 Å². The lowest BCUT2D eigenvalue weighted by Crippen LogP contribution is -2.22. The van der Waals surface area contributed by atoms with E-state index in [2.05, 4.69) is 32.4 Å². The lowest BCUT2D eigenvalue weighted by atomic mass is 10.1. The normalized spacial score (nSPS) is 10.2. The van der Waals surface area contributed by atoms with Crippen LogP contribution in [0.1, 0.15) is 21.5 Å². The Kier molecular flexibility index (Phi) is 4.73. The van der Waals surface area contributed by atoms with Gasteiger partial charge >= 0.3 is 0 Å². The first kappa shape index (κ1) is 16.0. The number of rotatable bonds is 4. The molecule has 0 atom stereocenters. The minimum atomic E-state index is -0.208. The van der Waals surface area contributed by atoms with Gasteiger partial charge in [0.2, 0.25) is 0 Å². The molecule has 2 aromatic carbocycles. The molecule has 6 heteroatoms. The van der Waals surface area contributed by atoms with Gasteiger partial charge in [-0.15, -0.1) is 0 Å². The van der Waals surface area contributed by atoms with Crippen molar-refractivity contribution < 1.29 is 4.79 Å². The summed E-state index contributed by atoms with van der Waals surface area (Å²) in [5.41, 5.74) is 2.81. The van der Waals surface area contributed by atoms with E-state index >= 15 is 0 Å². The van der Waals surface area contributed by atoms with Gasteiger partial charge in [-0.1, -0.05) is 28.1 Å². The lowest BCUT2D eigenvalue weighted by molar-refractivity contribution is 0.0951. The van der Waals surface area contributed by atoms with Crippen molar-refractivity contribution in [3.8, 4) is 11.8 Å². The van der Waals surface area contributed by atoms with Crippen LogP contribution >= 0.6 is 15.9 Å². The first-order valence-corrected chi connectivity index (χ1v) is 8.03. The van der Waals surface area contributed by atoms with Crippen LogP contribution in [0.25, 0.3) is 5.69 Å². The number of nitrogens with zero attached hydrogens (tertiary/aromatic N) is 3. The van der Waals surface area contributed by atoms with E-state index < -0.39 is 0 Å². The predicted octanol–water partition coefficient (Wildman–Crippen LogP) is 3.44. The van der Waals surface area contributed by atoms with Crippen LogP contribution in [0, 0.1) is 11.3 Å². The maximum Gasteiger partial charge on any atom is 0.254 e. The molecule has 1 amide bonds. The zero-order chi connectivity index (χ0) is 16.9. The third-order valence-corrected chi connectivity index (χ3v) is 3.97. The number of hydrogen-bond donors (Lipinski definition) is 1. The molecule has 0 aliphatic heterocycles. The summed E-state index contributed by atoms with van der Waals surface area (Å²) in [5.74, 6) is -0.208. The summed E-state index contributed by atoms with van der Waals surface area (Å²) in [5, 5.41) is 15.9. The molecule has 24 heavy (non-hydrogen) atoms. The van der Waals surface area contributed by atoms with E-state index in [-0.39, 0.29) is 5.91 Å². The van der Waals surface area contributed by atoms with Gasteiger partial charge in [0.1, 0.15) is 0 Å². The standard InChI is InChI=1S/C18H13BrN4O/c19-16-4-6-17(7-5-16)23-12-15(11-22-23)18(24)21-10-14-3-1-2-13(8-14)9-20/h1-8,11-12H,10H2,(H,21,24). The van der Waals surface area contributed by atoms with E-state index in [0.29, 0.717) is 17.7 Å². The summed E-state index contributed by atoms with van der Waals surface area (Å²) < 4.78 is 2.63. The molecule has 0 bridgehead atoms. The number of nitrogens with one attached hydrogen (secondary N) is 1. The van der Waals surface area contributed by atoms with E-state index in [9.17, 15) is 4.79 Å². The molecular formula is C18H13BrN4O. The minimum absolute atomic E-state index is 0.208. The Bertz CT molecular complexity index is 909. The fraction of sp³-hybridized carbons (Fsp3) is 0.0556. The van der Waals surface area contributed by atoms with E-state index in [1.807, 2.05) is 30.3 Å². The van der Waals surface area contributed by atoms with Crippen molar-refractivity contribution in [1.29, 1.82) is 5.26 Å². The highest BCUT2D eigenvalue weighted by atomic mass is 79.9. The predicted molar refractivity (Wildman–Crippen MR) is 93.6 cm³/mol. The van der Waals surface area contributed by atoms with E-state index in [0.717, 1.165) is 15.7 Å². The first-order valence-electron chi connectivity index (χ1n) is 7.23. The zero-order valence-electron chi connectivity index (χ0n) is 12.6. The summed E-state index contributed by atoms with van der Waals surface area (Å²) in [6.07, 6.45) is 3.22. The van der Waals surface area contributed by atoms with Crippen LogP contribution in [0.2, 0.25) is 0 Å². The minimum Gasteiger partial charge on any atom is -0.348 e. The van der Waals surface area contributed by atoms with Crippen LogP contribution in [0.15, 0.2) is 65.4 Å². The van der Waals surface area contributed by atoms with Crippen molar-refractivity contribution in [1.82, 2.24) is 15.1 Å². The Morgan fingerprint density at radius 2 is 2.04 bits per heavy atom. The molecule has 0 aliphatic carbocycles. The Labute approximate surface area is 147 Å². The molecule has 3 rings (SSSR count). The number of amides is 1. The SMILES string of the molecule is N#Cc1cccc(CNC(=O)c2cnn(-c3ccc(Br)cc3)c2)c1. The molecule has 0 spiro atoms. The third-order valence-electron chi connectivity index (χ3n) is 3.45. The number of aromatic nitrogens is 2. The third kappa shape index (κ3) is 3.70. The van der Waals surface area contributed by atoms with Gasteiger partial charge in [0.15, 0.2) is 0 Å². The molecule has 0 radical (unpaired) electrons. The van der Waals surface area contributed by atoms with Crippen molar-refractivity contribution in [3.63, 3.8) is 0 Å². The summed E-state index contributed by atoms with van der Waals surface area (Å²) in [6.45, 7) is 0.359. The van der Waals surface area contributed by atoms with Gasteiger partial charge in [-0.2, -0.15) is 10.4 Å². The van der Waals surface area contributed by atoms with Gasteiger partial charge in [-0.25, -0.2) is 4.68 Å². The van der Waals surface area contributed by atoms with Crippen molar-refractivity contribution in [3.05, 3.63) is 82.1 Å². The fourth-order valence-electron chi connectivity index (χ4n) is 2.21. The molecule has 5 nitrogen and oxygen atoms in total. The second-order valence-corrected chi connectivity index (χ2v) is 6.06. The van der Waals surface area contributed by atoms with E-state index in [4.69, 9.17) is 5.26 Å². The van der Waals surface area contributed by atoms with Crippen LogP contribution in [0.4, 0.5) is 0 Å². The average Bonchev–Trinajstić information content (AvgIpc) is 3.10. The second-order valence-electron chi connectivity index (χ2n) is 5.14. The number of benzene rings is 2. The molecule has 3 aromatic rings. The van der Waals surface area contributed by atoms with Crippen molar-refractivity contribution in [2.45, 2.75) is 6.54 Å². The molecule has 0 saturated carbocycles. The zero-order valence-corrected chi connectivity index (χ0v) is 14.2. The number of carbonyl (C=O) groups excluding carboxylic acids is 1. The van der Waals surface area contributed by atoms with Crippen LogP contribution in [0.5, 0.6) is 0 Å². The molecule has 1 aromatic heterocycles. The van der Waals surface area contributed by atoms with Crippen molar-refractivity contribution in [2.75, 3.05) is 0 Å². The Hall–Kier alpha value is -2.91. The Morgan fingerprint density at radius 3 is 2.79 bits per heavy atom. The fourth-order valence-corrected chi connectivity index (χ4v) is 2.47. The Balaban J connectivity index is 1.67. The topological polar surface area (TPSA) is 70.7 Å². The maximum atomic E-state index is 12.2. The smallest absolute Gasteiger partial charge is 0.254 e. The molecule has 1 N–H and O–H groups in total.